The standard InChI is InChI=1S/C19H21BrN6O3S/c1-12(11-26-14(3)17(20)13(2)24-26)18(27)23-15-5-7-16(8-6-15)30(28,29)25-19-21-9-4-10-22-19/h4-10,12H,11H2,1-3H3,(H,23,27)(H,21,22,25). The molecule has 0 aliphatic heterocycles. The lowest BCUT2D eigenvalue weighted by atomic mass is 10.1. The van der Waals surface area contributed by atoms with Crippen LogP contribution in [-0.2, 0) is 21.4 Å². The van der Waals surface area contributed by atoms with Gasteiger partial charge >= 0.3 is 0 Å². The Morgan fingerprint density at radius 2 is 1.80 bits per heavy atom. The average molecular weight is 493 g/mol. The predicted molar refractivity (Wildman–Crippen MR) is 116 cm³/mol. The maximum absolute atomic E-state index is 12.5. The van der Waals surface area contributed by atoms with Crippen LogP contribution in [0.5, 0.6) is 0 Å². The van der Waals surface area contributed by atoms with Crippen molar-refractivity contribution >= 4 is 43.5 Å². The van der Waals surface area contributed by atoms with E-state index in [4.69, 9.17) is 0 Å². The van der Waals surface area contributed by atoms with E-state index in [1.807, 2.05) is 20.8 Å². The molecule has 0 aliphatic carbocycles. The molecule has 2 aromatic heterocycles. The summed E-state index contributed by atoms with van der Waals surface area (Å²) in [6.45, 7) is 6.06. The minimum Gasteiger partial charge on any atom is -0.326 e. The summed E-state index contributed by atoms with van der Waals surface area (Å²) < 4.78 is 29.9. The molecule has 158 valence electrons. The van der Waals surface area contributed by atoms with Crippen LogP contribution in [0.25, 0.3) is 0 Å². The highest BCUT2D eigenvalue weighted by Crippen LogP contribution is 2.21. The Balaban J connectivity index is 1.64. The van der Waals surface area contributed by atoms with Crippen molar-refractivity contribution in [2.45, 2.75) is 32.2 Å². The van der Waals surface area contributed by atoms with Crippen LogP contribution in [0.3, 0.4) is 0 Å². The van der Waals surface area contributed by atoms with Crippen LogP contribution in [0.4, 0.5) is 11.6 Å². The number of nitrogens with one attached hydrogen (secondary N) is 2. The summed E-state index contributed by atoms with van der Waals surface area (Å²) >= 11 is 3.48. The maximum Gasteiger partial charge on any atom is 0.264 e. The number of amides is 1. The summed E-state index contributed by atoms with van der Waals surface area (Å²) in [6, 6.07) is 7.47. The first-order valence-electron chi connectivity index (χ1n) is 9.07. The van der Waals surface area contributed by atoms with E-state index in [0.29, 0.717) is 12.2 Å². The van der Waals surface area contributed by atoms with Gasteiger partial charge in [-0.2, -0.15) is 5.10 Å². The van der Waals surface area contributed by atoms with Gasteiger partial charge in [-0.1, -0.05) is 6.92 Å². The largest absolute Gasteiger partial charge is 0.326 e. The normalized spacial score (nSPS) is 12.4. The van der Waals surface area contributed by atoms with E-state index in [0.717, 1.165) is 15.9 Å². The summed E-state index contributed by atoms with van der Waals surface area (Å²) in [5, 5.41) is 7.22. The molecule has 30 heavy (non-hydrogen) atoms. The van der Waals surface area contributed by atoms with Crippen LogP contribution >= 0.6 is 15.9 Å². The summed E-state index contributed by atoms with van der Waals surface area (Å²) in [6.07, 6.45) is 2.88. The number of benzene rings is 1. The zero-order valence-electron chi connectivity index (χ0n) is 16.6. The molecule has 2 N–H and O–H groups in total. The molecule has 0 fully saturated rings. The van der Waals surface area contributed by atoms with Crippen molar-refractivity contribution in [3.05, 3.63) is 58.6 Å². The van der Waals surface area contributed by atoms with Gasteiger partial charge in [-0.25, -0.2) is 23.1 Å². The SMILES string of the molecule is Cc1nn(CC(C)C(=O)Nc2ccc(S(=O)(=O)Nc3ncccn3)cc2)c(C)c1Br. The van der Waals surface area contributed by atoms with Crippen LogP contribution in [0.15, 0.2) is 52.1 Å². The van der Waals surface area contributed by atoms with Crippen molar-refractivity contribution in [2.24, 2.45) is 5.92 Å². The van der Waals surface area contributed by atoms with Gasteiger partial charge in [-0.05, 0) is 60.1 Å². The Morgan fingerprint density at radius 3 is 2.37 bits per heavy atom. The lowest BCUT2D eigenvalue weighted by Gasteiger charge is -2.14. The van der Waals surface area contributed by atoms with Gasteiger partial charge in [0.15, 0.2) is 0 Å². The fourth-order valence-electron chi connectivity index (χ4n) is 2.71. The number of hydrogen-bond acceptors (Lipinski definition) is 6. The summed E-state index contributed by atoms with van der Waals surface area (Å²) in [5.41, 5.74) is 2.32. The van der Waals surface area contributed by atoms with Crippen LogP contribution in [0, 0.1) is 19.8 Å². The summed E-state index contributed by atoms with van der Waals surface area (Å²) in [7, 11) is -3.83. The van der Waals surface area contributed by atoms with Crippen LogP contribution in [0.2, 0.25) is 0 Å². The minimum atomic E-state index is -3.83. The number of hydrogen-bond donors (Lipinski definition) is 2. The molecular weight excluding hydrogens is 472 g/mol. The third-order valence-electron chi connectivity index (χ3n) is 4.41. The molecule has 1 amide bonds. The Bertz CT molecular complexity index is 1150. The van der Waals surface area contributed by atoms with Crippen molar-refractivity contribution in [1.82, 2.24) is 19.7 Å². The van der Waals surface area contributed by atoms with E-state index >= 15 is 0 Å². The number of rotatable bonds is 7. The number of halogens is 1. The Kier molecular flexibility index (Phi) is 6.52. The Hall–Kier alpha value is -2.79. The Morgan fingerprint density at radius 1 is 1.17 bits per heavy atom. The van der Waals surface area contributed by atoms with Crippen molar-refractivity contribution in [3.8, 4) is 0 Å². The summed E-state index contributed by atoms with van der Waals surface area (Å²) in [5.74, 6) is -0.542. The quantitative estimate of drug-likeness (QED) is 0.522. The van der Waals surface area contributed by atoms with Crippen molar-refractivity contribution in [1.29, 1.82) is 0 Å². The lowest BCUT2D eigenvalue weighted by molar-refractivity contribution is -0.119. The van der Waals surface area contributed by atoms with Gasteiger partial charge in [-0.3, -0.25) is 9.48 Å². The molecule has 0 bridgehead atoms. The number of aromatic nitrogens is 4. The van der Waals surface area contributed by atoms with E-state index in [1.165, 1.54) is 36.7 Å². The molecule has 0 spiro atoms. The van der Waals surface area contributed by atoms with E-state index in [1.54, 1.807) is 10.7 Å². The van der Waals surface area contributed by atoms with Gasteiger partial charge in [-0.15, -0.1) is 0 Å². The fourth-order valence-corrected chi connectivity index (χ4v) is 3.95. The smallest absolute Gasteiger partial charge is 0.264 e. The van der Waals surface area contributed by atoms with E-state index < -0.39 is 10.0 Å². The molecule has 3 aromatic rings. The number of carbonyl (C=O) groups excluding carboxylic acids is 1. The molecule has 9 nitrogen and oxygen atoms in total. The molecule has 1 atom stereocenters. The zero-order chi connectivity index (χ0) is 21.9. The molecular formula is C19H21BrN6O3S. The molecule has 0 saturated carbocycles. The first kappa shape index (κ1) is 21.9. The highest BCUT2D eigenvalue weighted by atomic mass is 79.9. The molecule has 0 saturated heterocycles. The maximum atomic E-state index is 12.5. The van der Waals surface area contributed by atoms with E-state index in [2.05, 4.69) is 41.0 Å². The fraction of sp³-hybridized carbons (Fsp3) is 0.263. The molecule has 2 heterocycles. The molecule has 11 heteroatoms. The van der Waals surface area contributed by atoms with Crippen LogP contribution < -0.4 is 10.0 Å². The second-order valence-electron chi connectivity index (χ2n) is 6.76. The molecule has 1 unspecified atom stereocenters. The van der Waals surface area contributed by atoms with Gasteiger partial charge in [0.2, 0.25) is 11.9 Å². The van der Waals surface area contributed by atoms with Crippen molar-refractivity contribution < 1.29 is 13.2 Å². The van der Waals surface area contributed by atoms with Crippen LogP contribution in [0.1, 0.15) is 18.3 Å². The average Bonchev–Trinajstić information content (AvgIpc) is 2.95. The van der Waals surface area contributed by atoms with Crippen LogP contribution in [-0.4, -0.2) is 34.1 Å². The van der Waals surface area contributed by atoms with Gasteiger partial charge in [0.25, 0.3) is 10.0 Å². The molecule has 1 aromatic carbocycles. The predicted octanol–water partition coefficient (Wildman–Crippen LogP) is 3.13. The number of nitrogens with zero attached hydrogens (tertiary/aromatic N) is 4. The number of aryl methyl sites for hydroxylation is 1. The number of anilines is 2. The number of carbonyl (C=O) groups is 1. The van der Waals surface area contributed by atoms with Gasteiger partial charge < -0.3 is 5.32 Å². The second-order valence-corrected chi connectivity index (χ2v) is 9.23. The zero-order valence-corrected chi connectivity index (χ0v) is 19.0. The molecule has 0 radical (unpaired) electrons. The van der Waals surface area contributed by atoms with Crippen molar-refractivity contribution in [2.75, 3.05) is 10.0 Å². The highest BCUT2D eigenvalue weighted by Gasteiger charge is 2.19. The molecule has 3 rings (SSSR count). The second kappa shape index (κ2) is 8.92. The third-order valence-corrected chi connectivity index (χ3v) is 6.90. The first-order chi connectivity index (χ1) is 14.2. The lowest BCUT2D eigenvalue weighted by Crippen LogP contribution is -2.25. The topological polar surface area (TPSA) is 119 Å². The van der Waals surface area contributed by atoms with Gasteiger partial charge in [0, 0.05) is 23.8 Å². The van der Waals surface area contributed by atoms with E-state index in [9.17, 15) is 13.2 Å². The van der Waals surface area contributed by atoms with Gasteiger partial charge in [0.05, 0.1) is 27.5 Å². The van der Waals surface area contributed by atoms with Crippen molar-refractivity contribution in [3.63, 3.8) is 0 Å². The highest BCUT2D eigenvalue weighted by molar-refractivity contribution is 9.10. The van der Waals surface area contributed by atoms with E-state index in [-0.39, 0.29) is 22.7 Å². The molecule has 0 aliphatic rings. The Labute approximate surface area is 183 Å². The monoisotopic (exact) mass is 492 g/mol. The number of sulfonamides is 1. The first-order valence-corrected chi connectivity index (χ1v) is 11.4. The minimum absolute atomic E-state index is 0.0144. The van der Waals surface area contributed by atoms with Gasteiger partial charge in [0.1, 0.15) is 0 Å². The third kappa shape index (κ3) is 5.03. The summed E-state index contributed by atoms with van der Waals surface area (Å²) in [4.78, 5) is 20.3.